The van der Waals surface area contributed by atoms with E-state index in [0.717, 1.165) is 13.0 Å². The molecule has 0 saturated carbocycles. The van der Waals surface area contributed by atoms with Crippen molar-refractivity contribution in [3.05, 3.63) is 0 Å². The van der Waals surface area contributed by atoms with Gasteiger partial charge in [-0.1, -0.05) is 6.92 Å². The Morgan fingerprint density at radius 1 is 1.64 bits per heavy atom. The molecule has 0 radical (unpaired) electrons. The van der Waals surface area contributed by atoms with Crippen molar-refractivity contribution >= 4 is 5.97 Å². The molecule has 2 atom stereocenters. The number of methoxy groups -OCH3 is 1. The van der Waals surface area contributed by atoms with Gasteiger partial charge in [-0.2, -0.15) is 0 Å². The second-order valence-electron chi connectivity index (χ2n) is 3.32. The topological polar surface area (TPSA) is 29.5 Å². The van der Waals surface area contributed by atoms with Gasteiger partial charge in [0.15, 0.2) is 0 Å². The lowest BCUT2D eigenvalue weighted by Crippen LogP contribution is -2.33. The fourth-order valence-corrected chi connectivity index (χ4v) is 1.67. The molecule has 1 saturated heterocycles. The van der Waals surface area contributed by atoms with E-state index in [9.17, 15) is 4.79 Å². The van der Waals surface area contributed by atoms with E-state index in [4.69, 9.17) is 0 Å². The van der Waals surface area contributed by atoms with Crippen molar-refractivity contribution in [2.75, 3.05) is 20.7 Å². The zero-order valence-electron chi connectivity index (χ0n) is 7.33. The van der Waals surface area contributed by atoms with Crippen molar-refractivity contribution in [1.82, 2.24) is 4.90 Å². The molecule has 0 bridgehead atoms. The van der Waals surface area contributed by atoms with Crippen LogP contribution >= 0.6 is 0 Å². The first-order chi connectivity index (χ1) is 5.15. The van der Waals surface area contributed by atoms with E-state index in [1.807, 2.05) is 7.05 Å². The third-order valence-corrected chi connectivity index (χ3v) is 2.23. The van der Waals surface area contributed by atoms with Gasteiger partial charge >= 0.3 is 5.97 Å². The number of nitrogens with zero attached hydrogens (tertiary/aromatic N) is 1. The predicted octanol–water partition coefficient (Wildman–Crippen LogP) is 0.500. The van der Waals surface area contributed by atoms with Gasteiger partial charge < -0.3 is 4.74 Å². The van der Waals surface area contributed by atoms with Gasteiger partial charge in [0.05, 0.1) is 7.11 Å². The van der Waals surface area contributed by atoms with Gasteiger partial charge in [0, 0.05) is 6.54 Å². The summed E-state index contributed by atoms with van der Waals surface area (Å²) in [4.78, 5) is 13.2. The van der Waals surface area contributed by atoms with Gasteiger partial charge in [-0.25, -0.2) is 0 Å². The molecule has 1 aliphatic rings. The third-order valence-electron chi connectivity index (χ3n) is 2.23. The molecule has 1 fully saturated rings. The van der Waals surface area contributed by atoms with Crippen LogP contribution in [0.2, 0.25) is 0 Å². The molecule has 0 aliphatic carbocycles. The number of hydrogen-bond acceptors (Lipinski definition) is 3. The first-order valence-electron chi connectivity index (χ1n) is 3.93. The Bertz CT molecular complexity index is 158. The fourth-order valence-electron chi connectivity index (χ4n) is 1.67. The Labute approximate surface area is 67.3 Å². The highest BCUT2D eigenvalue weighted by atomic mass is 16.5. The summed E-state index contributed by atoms with van der Waals surface area (Å²) < 4.78 is 4.67. The summed E-state index contributed by atoms with van der Waals surface area (Å²) in [6.45, 7) is 3.15. The number of likely N-dealkylation sites (N-methyl/N-ethyl adjacent to an activating group) is 1. The van der Waals surface area contributed by atoms with Crippen LogP contribution in [0, 0.1) is 5.92 Å². The number of likely N-dealkylation sites (tertiary alicyclic amines) is 1. The number of rotatable bonds is 1. The number of esters is 1. The zero-order chi connectivity index (χ0) is 8.43. The lowest BCUT2D eigenvalue weighted by Gasteiger charge is -2.15. The Hall–Kier alpha value is -0.570. The van der Waals surface area contributed by atoms with Gasteiger partial charge in [0.2, 0.25) is 0 Å². The van der Waals surface area contributed by atoms with Crippen LogP contribution in [0.25, 0.3) is 0 Å². The SMILES string of the molecule is COC(=O)C1C[C@H](C)CN1C. The molecule has 11 heavy (non-hydrogen) atoms. The largest absolute Gasteiger partial charge is 0.468 e. The summed E-state index contributed by atoms with van der Waals surface area (Å²) in [6, 6.07) is -0.00463. The molecule has 3 nitrogen and oxygen atoms in total. The van der Waals surface area contributed by atoms with Crippen molar-refractivity contribution in [2.45, 2.75) is 19.4 Å². The highest BCUT2D eigenvalue weighted by molar-refractivity contribution is 5.75. The quantitative estimate of drug-likeness (QED) is 0.519. The minimum Gasteiger partial charge on any atom is -0.468 e. The Morgan fingerprint density at radius 3 is 2.64 bits per heavy atom. The van der Waals surface area contributed by atoms with Crippen LogP contribution in [0.15, 0.2) is 0 Å². The van der Waals surface area contributed by atoms with Crippen molar-refractivity contribution in [2.24, 2.45) is 5.92 Å². The number of carbonyl (C=O) groups excluding carboxylic acids is 1. The van der Waals surface area contributed by atoms with E-state index in [2.05, 4.69) is 16.6 Å². The lowest BCUT2D eigenvalue weighted by molar-refractivity contribution is -0.145. The van der Waals surface area contributed by atoms with Gasteiger partial charge in [-0.05, 0) is 19.4 Å². The van der Waals surface area contributed by atoms with Gasteiger partial charge in [0.1, 0.15) is 6.04 Å². The standard InChI is InChI=1S/C8H15NO2/c1-6-4-7(8(10)11-3)9(2)5-6/h6-7H,4-5H2,1-3H3/t6-,7?/m0/s1. The summed E-state index contributed by atoms with van der Waals surface area (Å²) in [5.41, 5.74) is 0. The molecule has 0 aromatic rings. The molecule has 0 aromatic carbocycles. The highest BCUT2D eigenvalue weighted by Crippen LogP contribution is 2.21. The summed E-state index contributed by atoms with van der Waals surface area (Å²) in [6.07, 6.45) is 0.934. The third kappa shape index (κ3) is 1.71. The smallest absolute Gasteiger partial charge is 0.323 e. The van der Waals surface area contributed by atoms with Crippen LogP contribution in [-0.4, -0.2) is 37.6 Å². The van der Waals surface area contributed by atoms with E-state index in [0.29, 0.717) is 5.92 Å². The minimum atomic E-state index is -0.100. The molecule has 1 unspecified atom stereocenters. The van der Waals surface area contributed by atoms with E-state index >= 15 is 0 Å². The highest BCUT2D eigenvalue weighted by Gasteiger charge is 2.32. The van der Waals surface area contributed by atoms with Gasteiger partial charge in [0.25, 0.3) is 0 Å². The molecule has 0 amide bonds. The van der Waals surface area contributed by atoms with Crippen LogP contribution in [0.4, 0.5) is 0 Å². The normalized spacial score (nSPS) is 32.3. The molecule has 0 aromatic heterocycles. The number of carbonyl (C=O) groups is 1. The van der Waals surface area contributed by atoms with E-state index < -0.39 is 0 Å². The van der Waals surface area contributed by atoms with Crippen LogP contribution < -0.4 is 0 Å². The molecule has 64 valence electrons. The van der Waals surface area contributed by atoms with Crippen LogP contribution in [-0.2, 0) is 9.53 Å². The Morgan fingerprint density at radius 2 is 2.27 bits per heavy atom. The molecule has 1 heterocycles. The predicted molar refractivity (Wildman–Crippen MR) is 42.2 cm³/mol. The maximum absolute atomic E-state index is 11.1. The van der Waals surface area contributed by atoms with E-state index in [1.54, 1.807) is 0 Å². The molecule has 3 heteroatoms. The zero-order valence-corrected chi connectivity index (χ0v) is 7.33. The fraction of sp³-hybridized carbons (Fsp3) is 0.875. The summed E-state index contributed by atoms with van der Waals surface area (Å²) in [7, 11) is 3.41. The Kier molecular flexibility index (Phi) is 2.49. The lowest BCUT2D eigenvalue weighted by atomic mass is 10.1. The Balaban J connectivity index is 2.52. The molecule has 0 spiro atoms. The van der Waals surface area contributed by atoms with Crippen molar-refractivity contribution in [3.63, 3.8) is 0 Å². The average Bonchev–Trinajstić information content (AvgIpc) is 2.28. The first-order valence-corrected chi connectivity index (χ1v) is 3.93. The van der Waals surface area contributed by atoms with Crippen LogP contribution in [0.3, 0.4) is 0 Å². The van der Waals surface area contributed by atoms with Crippen LogP contribution in [0.5, 0.6) is 0 Å². The maximum Gasteiger partial charge on any atom is 0.323 e. The van der Waals surface area contributed by atoms with Crippen molar-refractivity contribution in [1.29, 1.82) is 0 Å². The van der Waals surface area contributed by atoms with Crippen molar-refractivity contribution in [3.8, 4) is 0 Å². The number of ether oxygens (including phenoxy) is 1. The average molecular weight is 157 g/mol. The van der Waals surface area contributed by atoms with Gasteiger partial charge in [-0.3, -0.25) is 9.69 Å². The van der Waals surface area contributed by atoms with Gasteiger partial charge in [-0.15, -0.1) is 0 Å². The molecular weight excluding hydrogens is 142 g/mol. The summed E-state index contributed by atoms with van der Waals surface area (Å²) in [5, 5.41) is 0. The summed E-state index contributed by atoms with van der Waals surface area (Å²) >= 11 is 0. The maximum atomic E-state index is 11.1. The second-order valence-corrected chi connectivity index (χ2v) is 3.32. The van der Waals surface area contributed by atoms with E-state index in [1.165, 1.54) is 7.11 Å². The minimum absolute atomic E-state index is 0.00463. The molecule has 1 aliphatic heterocycles. The van der Waals surface area contributed by atoms with E-state index in [-0.39, 0.29) is 12.0 Å². The summed E-state index contributed by atoms with van der Waals surface area (Å²) in [5.74, 6) is 0.515. The first kappa shape index (κ1) is 8.53. The van der Waals surface area contributed by atoms with Crippen LogP contribution in [0.1, 0.15) is 13.3 Å². The van der Waals surface area contributed by atoms with Crippen molar-refractivity contribution < 1.29 is 9.53 Å². The second kappa shape index (κ2) is 3.22. The molecular formula is C8H15NO2. The molecule has 1 rings (SSSR count). The molecule has 0 N–H and O–H groups in total. The number of hydrogen-bond donors (Lipinski definition) is 0. The monoisotopic (exact) mass is 157 g/mol.